The van der Waals surface area contributed by atoms with Crippen LogP contribution in [0.15, 0.2) is 11.2 Å². The zero-order valence-corrected chi connectivity index (χ0v) is 10.5. The Morgan fingerprint density at radius 3 is 2.42 bits per heavy atom. The summed E-state index contributed by atoms with van der Waals surface area (Å²) >= 11 is 6.02. The Labute approximate surface area is 83.6 Å². The third-order valence-electron chi connectivity index (χ3n) is 2.60. The molecule has 0 nitrogen and oxygen atoms in total. The Kier molecular flexibility index (Phi) is 6.87. The van der Waals surface area contributed by atoms with E-state index in [9.17, 15) is 0 Å². The maximum atomic E-state index is 6.02. The van der Waals surface area contributed by atoms with E-state index in [1.54, 1.807) is 0 Å². The summed E-state index contributed by atoms with van der Waals surface area (Å²) in [6, 6.07) is 1.34. The van der Waals surface area contributed by atoms with Crippen LogP contribution in [0.2, 0.25) is 11.6 Å². The number of halogens is 1. The molecule has 0 aliphatic rings. The molecule has 0 saturated heterocycles. The first kappa shape index (κ1) is 12.2. The molecule has 2 heteroatoms. The molecular formula is C10H21ClSi. The minimum atomic E-state index is -0.848. The fourth-order valence-corrected chi connectivity index (χ4v) is 5.35. The first-order valence-electron chi connectivity index (χ1n) is 4.97. The van der Waals surface area contributed by atoms with Crippen LogP contribution in [0.5, 0.6) is 0 Å². The van der Waals surface area contributed by atoms with Gasteiger partial charge in [0.05, 0.1) is 8.80 Å². The van der Waals surface area contributed by atoms with Gasteiger partial charge in [0, 0.05) is 0 Å². The van der Waals surface area contributed by atoms with Crippen molar-refractivity contribution in [3.63, 3.8) is 0 Å². The van der Waals surface area contributed by atoms with Gasteiger partial charge in [-0.05, 0) is 10.2 Å². The summed E-state index contributed by atoms with van der Waals surface area (Å²) < 4.78 is 0.984. The van der Waals surface area contributed by atoms with Gasteiger partial charge in [-0.15, -0.1) is 0 Å². The van der Waals surface area contributed by atoms with Gasteiger partial charge in [0.25, 0.3) is 0 Å². The fraction of sp³-hybridized carbons (Fsp3) is 0.800. The predicted molar refractivity (Wildman–Crippen MR) is 61.6 cm³/mol. The monoisotopic (exact) mass is 204 g/mol. The van der Waals surface area contributed by atoms with Crippen molar-refractivity contribution in [1.29, 1.82) is 0 Å². The van der Waals surface area contributed by atoms with Gasteiger partial charge in [-0.1, -0.05) is 64.3 Å². The zero-order chi connectivity index (χ0) is 9.56. The third kappa shape index (κ3) is 4.32. The van der Waals surface area contributed by atoms with Crippen molar-refractivity contribution in [3.05, 3.63) is 11.2 Å². The van der Waals surface area contributed by atoms with Gasteiger partial charge in [0.1, 0.15) is 0 Å². The van der Waals surface area contributed by atoms with Gasteiger partial charge in [-0.25, -0.2) is 0 Å². The Morgan fingerprint density at radius 2 is 2.08 bits per heavy atom. The van der Waals surface area contributed by atoms with E-state index >= 15 is 0 Å². The molecule has 0 aromatic carbocycles. The van der Waals surface area contributed by atoms with E-state index in [2.05, 4.69) is 27.4 Å². The van der Waals surface area contributed by atoms with Crippen LogP contribution in [0, 0.1) is 0 Å². The van der Waals surface area contributed by atoms with Crippen LogP contribution in [0.3, 0.4) is 0 Å². The lowest BCUT2D eigenvalue weighted by Gasteiger charge is -2.19. The van der Waals surface area contributed by atoms with Gasteiger partial charge in [0.2, 0.25) is 0 Å². The van der Waals surface area contributed by atoms with Crippen LogP contribution in [-0.4, -0.2) is 8.80 Å². The maximum absolute atomic E-state index is 6.02. The molecule has 0 spiro atoms. The van der Waals surface area contributed by atoms with Crippen molar-refractivity contribution in [1.82, 2.24) is 0 Å². The summed E-state index contributed by atoms with van der Waals surface area (Å²) in [4.78, 5) is 0. The highest BCUT2D eigenvalue weighted by molar-refractivity contribution is 6.78. The maximum Gasteiger partial charge on any atom is 0.0874 e. The van der Waals surface area contributed by atoms with E-state index in [-0.39, 0.29) is 0 Å². The van der Waals surface area contributed by atoms with Gasteiger partial charge >= 0.3 is 0 Å². The van der Waals surface area contributed by atoms with Crippen LogP contribution < -0.4 is 0 Å². The summed E-state index contributed by atoms with van der Waals surface area (Å²) in [7, 11) is -0.848. The number of rotatable bonds is 6. The second-order valence-electron chi connectivity index (χ2n) is 3.58. The first-order chi connectivity index (χ1) is 5.63. The average molecular weight is 205 g/mol. The molecule has 0 aliphatic heterocycles. The molecule has 0 aromatic rings. The quantitative estimate of drug-likeness (QED) is 0.572. The van der Waals surface area contributed by atoms with Crippen LogP contribution in [0.25, 0.3) is 0 Å². The normalized spacial score (nSPS) is 15.7. The van der Waals surface area contributed by atoms with E-state index < -0.39 is 8.80 Å². The number of hydrogen-bond acceptors (Lipinski definition) is 0. The summed E-state index contributed by atoms with van der Waals surface area (Å²) in [6.07, 6.45) is 3.86. The fourth-order valence-electron chi connectivity index (χ4n) is 1.46. The van der Waals surface area contributed by atoms with Crippen molar-refractivity contribution in [2.24, 2.45) is 0 Å². The summed E-state index contributed by atoms with van der Waals surface area (Å²) in [5, 5.41) is 0. The highest BCUT2D eigenvalue weighted by Gasteiger charge is 2.18. The van der Waals surface area contributed by atoms with Crippen molar-refractivity contribution in [2.75, 3.05) is 0 Å². The lowest BCUT2D eigenvalue weighted by atomic mass is 10.4. The molecule has 0 rings (SSSR count). The molecule has 0 aromatic heterocycles. The molecule has 0 amide bonds. The van der Waals surface area contributed by atoms with Gasteiger partial charge < -0.3 is 0 Å². The second-order valence-corrected chi connectivity index (χ2v) is 8.06. The summed E-state index contributed by atoms with van der Waals surface area (Å²) in [6.45, 7) is 10.7. The first-order valence-corrected chi connectivity index (χ1v) is 7.41. The van der Waals surface area contributed by atoms with Crippen molar-refractivity contribution in [2.45, 2.75) is 51.6 Å². The number of unbranched alkanes of at least 4 members (excludes halogenated alkanes) is 1. The molecule has 2 unspecified atom stereocenters. The van der Waals surface area contributed by atoms with Crippen molar-refractivity contribution < 1.29 is 0 Å². The topological polar surface area (TPSA) is 0 Å². The van der Waals surface area contributed by atoms with Gasteiger partial charge in [0.15, 0.2) is 0 Å². The van der Waals surface area contributed by atoms with E-state index in [1.165, 1.54) is 25.3 Å². The average Bonchev–Trinajstić information content (AvgIpc) is 2.04. The van der Waals surface area contributed by atoms with Crippen LogP contribution in [-0.2, 0) is 0 Å². The van der Waals surface area contributed by atoms with E-state index in [0.29, 0.717) is 0 Å². The SMILES string of the molecule is C=C(Cl)[SiH](CCCC)C(C)CC. The zero-order valence-electron chi connectivity index (χ0n) is 8.57. The van der Waals surface area contributed by atoms with E-state index in [4.69, 9.17) is 11.6 Å². The third-order valence-corrected chi connectivity index (χ3v) is 7.12. The molecule has 2 atom stereocenters. The minimum Gasteiger partial charge on any atom is -0.0952 e. The van der Waals surface area contributed by atoms with Gasteiger partial charge in [-0.2, -0.15) is 0 Å². The smallest absolute Gasteiger partial charge is 0.0874 e. The largest absolute Gasteiger partial charge is 0.0952 e. The molecule has 0 bridgehead atoms. The van der Waals surface area contributed by atoms with Crippen molar-refractivity contribution >= 4 is 20.4 Å². The summed E-state index contributed by atoms with van der Waals surface area (Å²) in [5.41, 5.74) is 0.821. The van der Waals surface area contributed by atoms with Crippen LogP contribution in [0.4, 0.5) is 0 Å². The second kappa shape index (κ2) is 6.73. The van der Waals surface area contributed by atoms with Crippen LogP contribution in [0.1, 0.15) is 40.0 Å². The molecular weight excluding hydrogens is 184 g/mol. The summed E-state index contributed by atoms with van der Waals surface area (Å²) in [5.74, 6) is 0. The Bertz CT molecular complexity index is 134. The highest BCUT2D eigenvalue weighted by Crippen LogP contribution is 2.25. The molecule has 0 fully saturated rings. The van der Waals surface area contributed by atoms with E-state index in [1.807, 2.05) is 0 Å². The standard InChI is InChI=1S/C10H21ClSi/c1-5-7-8-12(10(4)11)9(3)6-2/h9,12H,4-8H2,1-3H3. The molecule has 0 heterocycles. The lowest BCUT2D eigenvalue weighted by Crippen LogP contribution is -2.18. The molecule has 12 heavy (non-hydrogen) atoms. The molecule has 0 saturated carbocycles. The number of hydrogen-bond donors (Lipinski definition) is 0. The Hall–Kier alpha value is 0.247. The van der Waals surface area contributed by atoms with Crippen molar-refractivity contribution in [3.8, 4) is 0 Å². The molecule has 72 valence electrons. The Balaban J connectivity index is 3.94. The minimum absolute atomic E-state index is 0.821. The van der Waals surface area contributed by atoms with Crippen LogP contribution >= 0.6 is 11.6 Å². The predicted octanol–water partition coefficient (Wildman–Crippen LogP) is 4.11. The highest BCUT2D eigenvalue weighted by atomic mass is 35.5. The van der Waals surface area contributed by atoms with E-state index in [0.717, 1.165) is 10.2 Å². The molecule has 0 radical (unpaired) electrons. The molecule has 0 N–H and O–H groups in total. The Morgan fingerprint density at radius 1 is 1.50 bits per heavy atom. The van der Waals surface area contributed by atoms with Gasteiger partial charge in [-0.3, -0.25) is 0 Å². The molecule has 0 aliphatic carbocycles. The lowest BCUT2D eigenvalue weighted by molar-refractivity contribution is 0.820.